The van der Waals surface area contributed by atoms with E-state index in [1.807, 2.05) is 0 Å². The molecule has 0 heterocycles. The quantitative estimate of drug-likeness (QED) is 0.254. The molecule has 39 heavy (non-hydrogen) atoms. The molecule has 0 saturated carbocycles. The molecule has 1 aromatic carbocycles. The molecule has 0 aliphatic heterocycles. The van der Waals surface area contributed by atoms with Crippen LogP contribution in [0, 0.1) is 12.3 Å². The molecule has 1 aromatic rings. The third-order valence-corrected chi connectivity index (χ3v) is 5.33. The average molecular weight is 545 g/mol. The van der Waals surface area contributed by atoms with E-state index in [4.69, 9.17) is 21.6 Å². The molecule has 214 valence electrons. The number of carbonyl (C=O) groups is 5. The Labute approximate surface area is 230 Å². The number of benzene rings is 1. The topological polar surface area (TPSA) is 157 Å². The Balaban J connectivity index is 3.42. The van der Waals surface area contributed by atoms with Gasteiger partial charge in [-0.3, -0.25) is 19.2 Å². The number of amides is 4. The minimum Gasteiger partial charge on any atom is -0.466 e. The number of hydrogen-bond donors (Lipinski definition) is 3. The van der Waals surface area contributed by atoms with Crippen LogP contribution in [-0.2, 0) is 28.7 Å². The van der Waals surface area contributed by atoms with E-state index in [1.165, 1.54) is 4.90 Å². The van der Waals surface area contributed by atoms with Crippen molar-refractivity contribution in [1.29, 1.82) is 0 Å². The van der Waals surface area contributed by atoms with Gasteiger partial charge in [-0.2, -0.15) is 0 Å². The fourth-order valence-corrected chi connectivity index (χ4v) is 3.67. The number of terminal acetylenes is 1. The third kappa shape index (κ3) is 11.5. The van der Waals surface area contributed by atoms with Crippen LogP contribution >= 0.6 is 0 Å². The van der Waals surface area contributed by atoms with Crippen LogP contribution in [0.1, 0.15) is 78.0 Å². The van der Waals surface area contributed by atoms with Crippen LogP contribution < -0.4 is 16.4 Å². The highest BCUT2D eigenvalue weighted by Crippen LogP contribution is 2.26. The minimum atomic E-state index is -1.21. The first-order valence-corrected chi connectivity index (χ1v) is 12.8. The van der Waals surface area contributed by atoms with Crippen molar-refractivity contribution in [3.8, 4) is 12.3 Å². The van der Waals surface area contributed by atoms with Gasteiger partial charge in [0.15, 0.2) is 0 Å². The summed E-state index contributed by atoms with van der Waals surface area (Å²) in [5.74, 6) is 0.194. The predicted octanol–water partition coefficient (Wildman–Crippen LogP) is 2.17. The van der Waals surface area contributed by atoms with Crippen molar-refractivity contribution in [3.05, 3.63) is 35.4 Å². The summed E-state index contributed by atoms with van der Waals surface area (Å²) >= 11 is 0. The highest BCUT2D eigenvalue weighted by molar-refractivity contribution is 5.92. The molecule has 0 spiro atoms. The van der Waals surface area contributed by atoms with Gasteiger partial charge in [0.2, 0.25) is 17.7 Å². The second-order valence-corrected chi connectivity index (χ2v) is 10.1. The Morgan fingerprint density at radius 1 is 1.08 bits per heavy atom. The molecule has 4 amide bonds. The van der Waals surface area contributed by atoms with Crippen LogP contribution in [0.4, 0.5) is 4.79 Å². The van der Waals surface area contributed by atoms with Gasteiger partial charge in [0.1, 0.15) is 17.7 Å². The molecule has 0 aliphatic carbocycles. The number of hydrogen-bond acceptors (Lipinski definition) is 7. The van der Waals surface area contributed by atoms with Crippen LogP contribution in [0.3, 0.4) is 0 Å². The Morgan fingerprint density at radius 3 is 2.18 bits per heavy atom. The molecular formula is C28H40N4O7. The Hall–Kier alpha value is -4.07. The normalized spacial score (nSPS) is 12.5. The molecular weight excluding hydrogens is 504 g/mol. The molecule has 11 nitrogen and oxygen atoms in total. The maximum Gasteiger partial charge on any atom is 0.408 e. The molecule has 4 N–H and O–H groups in total. The maximum atomic E-state index is 13.9. The van der Waals surface area contributed by atoms with Crippen molar-refractivity contribution in [2.24, 2.45) is 5.73 Å². The summed E-state index contributed by atoms with van der Waals surface area (Å²) in [6, 6.07) is 3.65. The van der Waals surface area contributed by atoms with Gasteiger partial charge in [-0.25, -0.2) is 4.79 Å². The average Bonchev–Trinajstić information content (AvgIpc) is 2.83. The van der Waals surface area contributed by atoms with Crippen molar-refractivity contribution in [2.75, 3.05) is 13.2 Å². The second-order valence-electron chi connectivity index (χ2n) is 10.1. The molecule has 2 unspecified atom stereocenters. The van der Waals surface area contributed by atoms with E-state index in [9.17, 15) is 24.0 Å². The van der Waals surface area contributed by atoms with E-state index >= 15 is 0 Å². The summed E-state index contributed by atoms with van der Waals surface area (Å²) in [5.41, 5.74) is 5.51. The van der Waals surface area contributed by atoms with E-state index in [2.05, 4.69) is 16.6 Å². The first-order valence-electron chi connectivity index (χ1n) is 12.8. The molecule has 2 atom stereocenters. The summed E-state index contributed by atoms with van der Waals surface area (Å²) in [6.07, 6.45) is 4.26. The second kappa shape index (κ2) is 15.4. The number of nitrogens with one attached hydrogen (secondary N) is 2. The van der Waals surface area contributed by atoms with Gasteiger partial charge in [0, 0.05) is 24.6 Å². The van der Waals surface area contributed by atoms with E-state index in [-0.39, 0.29) is 32.4 Å². The highest BCUT2D eigenvalue weighted by atomic mass is 16.6. The molecule has 0 aliphatic rings. The zero-order valence-corrected chi connectivity index (χ0v) is 23.5. The van der Waals surface area contributed by atoms with Crippen LogP contribution in [-0.4, -0.2) is 65.5 Å². The van der Waals surface area contributed by atoms with E-state index < -0.39 is 53.5 Å². The third-order valence-electron chi connectivity index (χ3n) is 5.33. The lowest BCUT2D eigenvalue weighted by Gasteiger charge is -2.37. The fourth-order valence-electron chi connectivity index (χ4n) is 3.67. The fraction of sp³-hybridized carbons (Fsp3) is 0.536. The number of esters is 1. The largest absolute Gasteiger partial charge is 0.466 e. The molecule has 0 aromatic heterocycles. The van der Waals surface area contributed by atoms with Crippen molar-refractivity contribution in [1.82, 2.24) is 15.5 Å². The number of nitrogens with zero attached hydrogens (tertiary/aromatic N) is 1. The van der Waals surface area contributed by atoms with Gasteiger partial charge in [0.25, 0.3) is 0 Å². The van der Waals surface area contributed by atoms with Crippen LogP contribution in [0.5, 0.6) is 0 Å². The molecule has 0 radical (unpaired) electrons. The molecule has 11 heteroatoms. The number of rotatable bonds is 13. The zero-order chi connectivity index (χ0) is 29.8. The summed E-state index contributed by atoms with van der Waals surface area (Å²) in [6.45, 7) is 10.3. The van der Waals surface area contributed by atoms with Gasteiger partial charge >= 0.3 is 12.1 Å². The van der Waals surface area contributed by atoms with E-state index in [1.54, 1.807) is 65.8 Å². The van der Waals surface area contributed by atoms with Crippen LogP contribution in [0.2, 0.25) is 0 Å². The van der Waals surface area contributed by atoms with Crippen LogP contribution in [0.15, 0.2) is 24.3 Å². The van der Waals surface area contributed by atoms with Gasteiger partial charge < -0.3 is 30.7 Å². The number of ether oxygens (including phenoxy) is 2. The first kappa shape index (κ1) is 33.0. The smallest absolute Gasteiger partial charge is 0.408 e. The first-order chi connectivity index (χ1) is 18.2. The zero-order valence-electron chi connectivity index (χ0n) is 23.5. The predicted molar refractivity (Wildman–Crippen MR) is 145 cm³/mol. The van der Waals surface area contributed by atoms with Crippen LogP contribution in [0.25, 0.3) is 0 Å². The highest BCUT2D eigenvalue weighted by Gasteiger charge is 2.37. The monoisotopic (exact) mass is 544 g/mol. The van der Waals surface area contributed by atoms with Crippen molar-refractivity contribution in [3.63, 3.8) is 0 Å². The van der Waals surface area contributed by atoms with Gasteiger partial charge in [-0.1, -0.05) is 18.1 Å². The number of primary amides is 1. The molecule has 1 rings (SSSR count). The Morgan fingerprint density at radius 2 is 1.69 bits per heavy atom. The van der Waals surface area contributed by atoms with Gasteiger partial charge in [-0.05, 0) is 65.7 Å². The van der Waals surface area contributed by atoms with E-state index in [0.29, 0.717) is 11.1 Å². The standard InChI is InChI=1S/C28H40N4O7/c1-8-19-10-12-20(13-11-19)24(25(35)30-17-16-23(34)38-9-2)32(18(3)4)26(36)21(14-15-22(29)33)31-27(37)39-28(5,6)7/h1,10-13,18,21,24H,9,14-17H2,2-7H3,(H2,29,33)(H,30,35)(H,31,37). The molecule has 0 bridgehead atoms. The van der Waals surface area contributed by atoms with Gasteiger partial charge in [0.05, 0.1) is 13.0 Å². The Kier molecular flexibility index (Phi) is 13.0. The maximum absolute atomic E-state index is 13.9. The molecule has 0 fully saturated rings. The number of alkyl carbamates (subject to hydrolysis) is 1. The summed E-state index contributed by atoms with van der Waals surface area (Å²) in [7, 11) is 0. The van der Waals surface area contributed by atoms with E-state index in [0.717, 1.165) is 0 Å². The summed E-state index contributed by atoms with van der Waals surface area (Å²) < 4.78 is 10.2. The number of carbonyl (C=O) groups excluding carboxylic acids is 5. The van der Waals surface area contributed by atoms with Crippen molar-refractivity contribution >= 4 is 29.8 Å². The van der Waals surface area contributed by atoms with Crippen molar-refractivity contribution < 1.29 is 33.4 Å². The molecule has 0 saturated heterocycles. The lowest BCUT2D eigenvalue weighted by Crippen LogP contribution is -2.55. The lowest BCUT2D eigenvalue weighted by molar-refractivity contribution is -0.146. The minimum absolute atomic E-state index is 0.0159. The summed E-state index contributed by atoms with van der Waals surface area (Å²) in [4.78, 5) is 64.6. The number of nitrogens with two attached hydrogens (primary N) is 1. The lowest BCUT2D eigenvalue weighted by atomic mass is 9.99. The van der Waals surface area contributed by atoms with Gasteiger partial charge in [-0.15, -0.1) is 6.42 Å². The summed E-state index contributed by atoms with van der Waals surface area (Å²) in [5, 5.41) is 5.21. The van der Waals surface area contributed by atoms with Crippen molar-refractivity contribution in [2.45, 2.75) is 84.5 Å². The Bertz CT molecular complexity index is 1060. The SMILES string of the molecule is C#Cc1ccc(C(C(=O)NCCC(=O)OCC)N(C(=O)C(CCC(N)=O)NC(=O)OC(C)(C)C)C(C)C)cc1.